The summed E-state index contributed by atoms with van der Waals surface area (Å²) in [5.41, 5.74) is 0.931. The van der Waals surface area contributed by atoms with E-state index in [1.807, 2.05) is 0 Å². The predicted molar refractivity (Wildman–Crippen MR) is 36.8 cm³/mol. The molecule has 0 aromatic heterocycles. The van der Waals surface area contributed by atoms with E-state index in [-0.39, 0.29) is 0 Å². The second-order valence-electron chi connectivity index (χ2n) is 2.21. The molecule has 0 aromatic carbocycles. The van der Waals surface area contributed by atoms with Crippen LogP contribution in [0.15, 0.2) is 17.3 Å². The Morgan fingerprint density at radius 3 is 2.22 bits per heavy atom. The van der Waals surface area contributed by atoms with Crippen molar-refractivity contribution in [2.75, 3.05) is 0 Å². The third-order valence-electron chi connectivity index (χ3n) is 1.51. The van der Waals surface area contributed by atoms with Crippen molar-refractivity contribution in [2.45, 2.75) is 25.7 Å². The van der Waals surface area contributed by atoms with Crippen LogP contribution in [0.5, 0.6) is 0 Å². The first kappa shape index (κ1) is 6.33. The molecule has 0 heterocycles. The molecular weight excluding hydrogens is 114 g/mol. The zero-order valence-corrected chi connectivity index (χ0v) is 5.38. The maximum Gasteiger partial charge on any atom is 0.0577 e. The van der Waals surface area contributed by atoms with E-state index in [1.165, 1.54) is 0 Å². The van der Waals surface area contributed by atoms with Gasteiger partial charge in [-0.2, -0.15) is 0 Å². The summed E-state index contributed by atoms with van der Waals surface area (Å²) in [5.74, 6) is 0. The molecule has 0 saturated carbocycles. The summed E-state index contributed by atoms with van der Waals surface area (Å²) in [6.45, 7) is 0. The Bertz CT molecular complexity index is 126. The van der Waals surface area contributed by atoms with Gasteiger partial charge in [0.1, 0.15) is 0 Å². The van der Waals surface area contributed by atoms with Gasteiger partial charge in [-0.3, -0.25) is 0 Å². The monoisotopic (exact) mass is 125 g/mol. The molecule has 1 aliphatic rings. The van der Waals surface area contributed by atoms with Gasteiger partial charge < -0.3 is 5.21 Å². The first-order valence-corrected chi connectivity index (χ1v) is 3.28. The van der Waals surface area contributed by atoms with Crippen molar-refractivity contribution < 1.29 is 5.21 Å². The highest BCUT2D eigenvalue weighted by atomic mass is 16.4. The van der Waals surface area contributed by atoms with Gasteiger partial charge in [0.05, 0.1) is 5.71 Å². The lowest BCUT2D eigenvalue weighted by Gasteiger charge is -1.94. The topological polar surface area (TPSA) is 32.6 Å². The van der Waals surface area contributed by atoms with Crippen LogP contribution in [0.4, 0.5) is 0 Å². The minimum Gasteiger partial charge on any atom is -0.411 e. The number of rotatable bonds is 0. The van der Waals surface area contributed by atoms with Crippen LogP contribution < -0.4 is 0 Å². The fourth-order valence-corrected chi connectivity index (χ4v) is 0.961. The zero-order chi connectivity index (χ0) is 6.53. The van der Waals surface area contributed by atoms with Gasteiger partial charge in [-0.15, -0.1) is 0 Å². The van der Waals surface area contributed by atoms with E-state index in [0.717, 1.165) is 31.4 Å². The first-order valence-electron chi connectivity index (χ1n) is 3.28. The molecule has 0 bridgehead atoms. The summed E-state index contributed by atoms with van der Waals surface area (Å²) >= 11 is 0. The fraction of sp³-hybridized carbons (Fsp3) is 0.571. The molecule has 0 aliphatic heterocycles. The van der Waals surface area contributed by atoms with Crippen molar-refractivity contribution in [3.63, 3.8) is 0 Å². The molecule has 0 radical (unpaired) electrons. The molecular formula is C7H11NO. The highest BCUT2D eigenvalue weighted by Gasteiger charge is 2.00. The zero-order valence-electron chi connectivity index (χ0n) is 5.38. The second kappa shape index (κ2) is 3.28. The minimum absolute atomic E-state index is 0.924. The van der Waals surface area contributed by atoms with Gasteiger partial charge in [-0.25, -0.2) is 0 Å². The quantitative estimate of drug-likeness (QED) is 0.299. The Balaban J connectivity index is 2.44. The van der Waals surface area contributed by atoms with Crippen LogP contribution in [0.1, 0.15) is 25.7 Å². The summed E-state index contributed by atoms with van der Waals surface area (Å²) < 4.78 is 0. The number of oxime groups is 1. The van der Waals surface area contributed by atoms with Crippen LogP contribution in [0, 0.1) is 0 Å². The Kier molecular flexibility index (Phi) is 2.31. The van der Waals surface area contributed by atoms with Gasteiger partial charge in [0, 0.05) is 0 Å². The lowest BCUT2D eigenvalue weighted by atomic mass is 10.2. The smallest absolute Gasteiger partial charge is 0.0577 e. The van der Waals surface area contributed by atoms with Crippen LogP contribution in [0.2, 0.25) is 0 Å². The van der Waals surface area contributed by atoms with Crippen molar-refractivity contribution in [3.05, 3.63) is 12.2 Å². The maximum absolute atomic E-state index is 8.38. The molecule has 2 nitrogen and oxygen atoms in total. The summed E-state index contributed by atoms with van der Waals surface area (Å²) in [7, 11) is 0. The Hall–Kier alpha value is -0.790. The molecule has 1 aliphatic carbocycles. The van der Waals surface area contributed by atoms with Crippen LogP contribution in [-0.2, 0) is 0 Å². The average molecular weight is 125 g/mol. The molecule has 1 rings (SSSR count). The van der Waals surface area contributed by atoms with E-state index in [4.69, 9.17) is 5.21 Å². The summed E-state index contributed by atoms with van der Waals surface area (Å²) in [6, 6.07) is 0. The third kappa shape index (κ3) is 1.88. The lowest BCUT2D eigenvalue weighted by molar-refractivity contribution is 0.316. The van der Waals surface area contributed by atoms with E-state index in [2.05, 4.69) is 17.3 Å². The Morgan fingerprint density at radius 1 is 1.22 bits per heavy atom. The van der Waals surface area contributed by atoms with Gasteiger partial charge in [-0.05, 0) is 25.7 Å². The van der Waals surface area contributed by atoms with Gasteiger partial charge in [0.25, 0.3) is 0 Å². The van der Waals surface area contributed by atoms with Gasteiger partial charge >= 0.3 is 0 Å². The third-order valence-corrected chi connectivity index (χ3v) is 1.51. The summed E-state index contributed by atoms with van der Waals surface area (Å²) in [5, 5.41) is 11.6. The van der Waals surface area contributed by atoms with Gasteiger partial charge in [0.2, 0.25) is 0 Å². The predicted octanol–water partition coefficient (Wildman–Crippen LogP) is 1.95. The van der Waals surface area contributed by atoms with Gasteiger partial charge in [0.15, 0.2) is 0 Å². The molecule has 0 spiro atoms. The number of nitrogens with zero attached hydrogens (tertiary/aromatic N) is 1. The van der Waals surface area contributed by atoms with Crippen LogP contribution in [0.3, 0.4) is 0 Å². The molecule has 0 saturated heterocycles. The van der Waals surface area contributed by atoms with Gasteiger partial charge in [-0.1, -0.05) is 17.3 Å². The molecule has 0 aromatic rings. The van der Waals surface area contributed by atoms with Crippen molar-refractivity contribution >= 4 is 5.71 Å². The normalized spacial score (nSPS) is 19.3. The van der Waals surface area contributed by atoms with Crippen LogP contribution in [-0.4, -0.2) is 10.9 Å². The number of allylic oxidation sites excluding steroid dienone is 2. The average Bonchev–Trinajstić information content (AvgIpc) is 2.13. The second-order valence-corrected chi connectivity index (χ2v) is 2.21. The van der Waals surface area contributed by atoms with E-state index in [1.54, 1.807) is 0 Å². The van der Waals surface area contributed by atoms with Crippen molar-refractivity contribution in [1.82, 2.24) is 0 Å². The molecule has 0 unspecified atom stereocenters. The largest absolute Gasteiger partial charge is 0.411 e. The molecule has 2 heteroatoms. The summed E-state index contributed by atoms with van der Waals surface area (Å²) in [4.78, 5) is 0. The standard InChI is InChI=1S/C7H11NO/c9-8-7-5-3-1-2-4-6-7/h1-2,9H,3-6H2. The molecule has 50 valence electrons. The number of hydrogen-bond acceptors (Lipinski definition) is 2. The van der Waals surface area contributed by atoms with Crippen molar-refractivity contribution in [3.8, 4) is 0 Å². The highest BCUT2D eigenvalue weighted by Crippen LogP contribution is 2.07. The van der Waals surface area contributed by atoms with E-state index >= 15 is 0 Å². The Morgan fingerprint density at radius 2 is 1.78 bits per heavy atom. The van der Waals surface area contributed by atoms with Crippen molar-refractivity contribution in [2.24, 2.45) is 5.16 Å². The fourth-order valence-electron chi connectivity index (χ4n) is 0.961. The van der Waals surface area contributed by atoms with Crippen LogP contribution >= 0.6 is 0 Å². The highest BCUT2D eigenvalue weighted by molar-refractivity contribution is 5.84. The molecule has 0 fully saturated rings. The molecule has 1 N–H and O–H groups in total. The Labute approximate surface area is 54.9 Å². The molecule has 0 amide bonds. The molecule has 9 heavy (non-hydrogen) atoms. The SMILES string of the molecule is ON=C1CCC=CCC1. The molecule has 0 atom stereocenters. The number of hydrogen-bond donors (Lipinski definition) is 1. The van der Waals surface area contributed by atoms with Crippen molar-refractivity contribution in [1.29, 1.82) is 0 Å². The van der Waals surface area contributed by atoms with Crippen LogP contribution in [0.25, 0.3) is 0 Å². The van der Waals surface area contributed by atoms with E-state index in [0.29, 0.717) is 0 Å². The maximum atomic E-state index is 8.38. The van der Waals surface area contributed by atoms with E-state index in [9.17, 15) is 0 Å². The first-order chi connectivity index (χ1) is 4.43. The lowest BCUT2D eigenvalue weighted by Crippen LogP contribution is -1.94. The summed E-state index contributed by atoms with van der Waals surface area (Å²) in [6.07, 6.45) is 8.18. The minimum atomic E-state index is 0.924. The van der Waals surface area contributed by atoms with E-state index < -0.39 is 0 Å².